The summed E-state index contributed by atoms with van der Waals surface area (Å²) < 4.78 is 17.4. The first-order valence-corrected chi connectivity index (χ1v) is 10.0. The molecule has 4 aliphatic rings. The van der Waals surface area contributed by atoms with Crippen LogP contribution in [-0.2, 0) is 19.6 Å². The SMILES string of the molecule is COC1(OC)CC2(COC(CN3CC4CC4(c4ccc(C)cc4)C3)C2)C1. The van der Waals surface area contributed by atoms with Gasteiger partial charge in [-0.25, -0.2) is 0 Å². The van der Waals surface area contributed by atoms with E-state index >= 15 is 0 Å². The maximum Gasteiger partial charge on any atom is 0.168 e. The molecule has 0 N–H and O–H groups in total. The van der Waals surface area contributed by atoms with E-state index in [-0.39, 0.29) is 11.2 Å². The van der Waals surface area contributed by atoms with Crippen molar-refractivity contribution in [2.75, 3.05) is 40.5 Å². The highest BCUT2D eigenvalue weighted by Gasteiger charge is 2.62. The number of ether oxygens (including phenoxy) is 3. The fraction of sp³-hybridized carbons (Fsp3) is 0.727. The summed E-state index contributed by atoms with van der Waals surface area (Å²) in [6, 6.07) is 9.23. The Labute approximate surface area is 156 Å². The number of rotatable bonds is 5. The van der Waals surface area contributed by atoms with Gasteiger partial charge in [-0.2, -0.15) is 0 Å². The highest BCUT2D eigenvalue weighted by Crippen LogP contribution is 2.60. The molecule has 2 saturated heterocycles. The van der Waals surface area contributed by atoms with E-state index in [1.165, 1.54) is 25.1 Å². The molecule has 26 heavy (non-hydrogen) atoms. The van der Waals surface area contributed by atoms with E-state index in [2.05, 4.69) is 36.1 Å². The second kappa shape index (κ2) is 5.78. The van der Waals surface area contributed by atoms with E-state index in [1.54, 1.807) is 19.8 Å². The number of fused-ring (bicyclic) bond motifs is 1. The topological polar surface area (TPSA) is 30.9 Å². The molecule has 4 heteroatoms. The van der Waals surface area contributed by atoms with Crippen LogP contribution in [0.25, 0.3) is 0 Å². The first kappa shape index (κ1) is 17.2. The highest BCUT2D eigenvalue weighted by molar-refractivity contribution is 5.38. The molecule has 142 valence electrons. The van der Waals surface area contributed by atoms with Gasteiger partial charge < -0.3 is 14.2 Å². The van der Waals surface area contributed by atoms with Crippen LogP contribution in [-0.4, -0.2) is 57.3 Å². The molecule has 0 aromatic heterocycles. The Hall–Kier alpha value is -0.940. The van der Waals surface area contributed by atoms with Gasteiger partial charge in [0.05, 0.1) is 12.7 Å². The molecule has 1 aromatic carbocycles. The monoisotopic (exact) mass is 357 g/mol. The molecule has 0 amide bonds. The zero-order valence-corrected chi connectivity index (χ0v) is 16.3. The second-order valence-electron chi connectivity index (χ2n) is 9.43. The zero-order valence-electron chi connectivity index (χ0n) is 16.3. The molecule has 0 bridgehead atoms. The van der Waals surface area contributed by atoms with Gasteiger partial charge in [0.1, 0.15) is 0 Å². The van der Waals surface area contributed by atoms with Crippen LogP contribution < -0.4 is 0 Å². The quantitative estimate of drug-likeness (QED) is 0.758. The average molecular weight is 357 g/mol. The van der Waals surface area contributed by atoms with E-state index in [0.29, 0.717) is 11.5 Å². The van der Waals surface area contributed by atoms with Crippen LogP contribution >= 0.6 is 0 Å². The standard InChI is InChI=1S/C22H31NO3/c1-16-4-6-17(7-5-16)21-8-18(21)10-23(14-21)11-19-9-20(15-26-19)12-22(13-20,24-2)25-3/h4-7,18-19H,8-15H2,1-3H3. The molecule has 2 aliphatic carbocycles. The highest BCUT2D eigenvalue weighted by atomic mass is 16.7. The van der Waals surface area contributed by atoms with Crippen LogP contribution in [0.4, 0.5) is 0 Å². The number of hydrogen-bond donors (Lipinski definition) is 0. The third kappa shape index (κ3) is 2.57. The van der Waals surface area contributed by atoms with Gasteiger partial charge in [-0.3, -0.25) is 4.90 Å². The van der Waals surface area contributed by atoms with Gasteiger partial charge in [0.2, 0.25) is 0 Å². The van der Waals surface area contributed by atoms with Crippen LogP contribution in [0.15, 0.2) is 24.3 Å². The largest absolute Gasteiger partial charge is 0.376 e. The molecular formula is C22H31NO3. The summed E-state index contributed by atoms with van der Waals surface area (Å²) in [4.78, 5) is 2.65. The Morgan fingerprint density at radius 2 is 1.85 bits per heavy atom. The minimum absolute atomic E-state index is 0.286. The lowest BCUT2D eigenvalue weighted by Crippen LogP contribution is -2.55. The lowest BCUT2D eigenvalue weighted by molar-refractivity contribution is -0.295. The normalized spacial score (nSPS) is 36.9. The van der Waals surface area contributed by atoms with E-state index < -0.39 is 0 Å². The summed E-state index contributed by atoms with van der Waals surface area (Å²) in [5.41, 5.74) is 3.62. The molecule has 1 aromatic rings. The first-order chi connectivity index (χ1) is 12.5. The van der Waals surface area contributed by atoms with E-state index in [1.807, 2.05) is 0 Å². The summed E-state index contributed by atoms with van der Waals surface area (Å²) in [5.74, 6) is 0.488. The van der Waals surface area contributed by atoms with Gasteiger partial charge >= 0.3 is 0 Å². The van der Waals surface area contributed by atoms with Gasteiger partial charge in [-0.15, -0.1) is 0 Å². The Bertz CT molecular complexity index is 675. The zero-order chi connectivity index (χ0) is 18.0. The predicted molar refractivity (Wildman–Crippen MR) is 100 cm³/mol. The Morgan fingerprint density at radius 3 is 2.54 bits per heavy atom. The van der Waals surface area contributed by atoms with Crippen LogP contribution in [0, 0.1) is 18.3 Å². The summed E-state index contributed by atoms with van der Waals surface area (Å²) >= 11 is 0. The van der Waals surface area contributed by atoms with Gasteiger partial charge in [0.15, 0.2) is 5.79 Å². The van der Waals surface area contributed by atoms with Crippen molar-refractivity contribution in [3.8, 4) is 0 Å². The Kier molecular flexibility index (Phi) is 3.82. The van der Waals surface area contributed by atoms with Crippen LogP contribution in [0.2, 0.25) is 0 Å². The minimum atomic E-state index is -0.358. The molecule has 2 heterocycles. The molecular weight excluding hydrogens is 326 g/mol. The van der Waals surface area contributed by atoms with Crippen molar-refractivity contribution in [3.63, 3.8) is 0 Å². The lowest BCUT2D eigenvalue weighted by Gasteiger charge is -2.51. The van der Waals surface area contributed by atoms with E-state index in [9.17, 15) is 0 Å². The van der Waals surface area contributed by atoms with Gasteiger partial charge in [-0.1, -0.05) is 29.8 Å². The molecule has 0 radical (unpaired) electrons. The number of hydrogen-bond acceptors (Lipinski definition) is 4. The van der Waals surface area contributed by atoms with Crippen molar-refractivity contribution in [2.24, 2.45) is 11.3 Å². The van der Waals surface area contributed by atoms with Crippen LogP contribution in [0.5, 0.6) is 0 Å². The number of likely N-dealkylation sites (tertiary alicyclic amines) is 1. The Morgan fingerprint density at radius 1 is 1.12 bits per heavy atom. The van der Waals surface area contributed by atoms with Crippen LogP contribution in [0.3, 0.4) is 0 Å². The fourth-order valence-electron chi connectivity index (χ4n) is 6.07. The summed E-state index contributed by atoms with van der Waals surface area (Å²) in [5, 5.41) is 0. The maximum atomic E-state index is 6.21. The summed E-state index contributed by atoms with van der Waals surface area (Å²) in [6.07, 6.45) is 4.83. The first-order valence-electron chi connectivity index (χ1n) is 10.0. The number of piperidine rings is 1. The van der Waals surface area contributed by atoms with Crippen molar-refractivity contribution >= 4 is 0 Å². The van der Waals surface area contributed by atoms with Crippen molar-refractivity contribution in [1.29, 1.82) is 0 Å². The molecule has 1 spiro atoms. The molecule has 4 fully saturated rings. The van der Waals surface area contributed by atoms with E-state index in [0.717, 1.165) is 38.3 Å². The predicted octanol–water partition coefficient (Wildman–Crippen LogP) is 3.13. The number of methoxy groups -OCH3 is 2. The van der Waals surface area contributed by atoms with Crippen LogP contribution in [0.1, 0.15) is 36.8 Å². The second-order valence-corrected chi connectivity index (χ2v) is 9.43. The fourth-order valence-corrected chi connectivity index (χ4v) is 6.07. The third-order valence-electron chi connectivity index (χ3n) is 7.62. The van der Waals surface area contributed by atoms with Crippen molar-refractivity contribution < 1.29 is 14.2 Å². The van der Waals surface area contributed by atoms with Crippen molar-refractivity contribution in [1.82, 2.24) is 4.90 Å². The van der Waals surface area contributed by atoms with Gasteiger partial charge in [0.25, 0.3) is 0 Å². The van der Waals surface area contributed by atoms with Gasteiger partial charge in [0, 0.05) is 57.5 Å². The van der Waals surface area contributed by atoms with E-state index in [4.69, 9.17) is 14.2 Å². The average Bonchev–Trinajstić information content (AvgIpc) is 2.98. The van der Waals surface area contributed by atoms with Gasteiger partial charge in [-0.05, 0) is 31.2 Å². The third-order valence-corrected chi connectivity index (χ3v) is 7.62. The van der Waals surface area contributed by atoms with Crippen molar-refractivity contribution in [3.05, 3.63) is 35.4 Å². The lowest BCUT2D eigenvalue weighted by atomic mass is 9.63. The number of nitrogens with zero attached hydrogens (tertiary/aromatic N) is 1. The summed E-state index contributed by atoms with van der Waals surface area (Å²) in [7, 11) is 3.51. The maximum absolute atomic E-state index is 6.21. The molecule has 2 aliphatic heterocycles. The summed E-state index contributed by atoms with van der Waals surface area (Å²) in [6.45, 7) is 6.56. The smallest absolute Gasteiger partial charge is 0.168 e. The van der Waals surface area contributed by atoms with Crippen molar-refractivity contribution in [2.45, 2.75) is 49.9 Å². The Balaban J connectivity index is 1.18. The number of benzene rings is 1. The minimum Gasteiger partial charge on any atom is -0.376 e. The molecule has 3 atom stereocenters. The number of aryl methyl sites for hydroxylation is 1. The molecule has 5 rings (SSSR count). The molecule has 2 saturated carbocycles. The molecule has 3 unspecified atom stereocenters. The molecule has 4 nitrogen and oxygen atoms in total.